The molecule has 2 heterocycles. The number of rotatable bonds is 3. The van der Waals surface area contributed by atoms with Gasteiger partial charge < -0.3 is 9.52 Å². The van der Waals surface area contributed by atoms with Crippen LogP contribution in [0.5, 0.6) is 5.75 Å². The zero-order valence-corrected chi connectivity index (χ0v) is 20.5. The second-order valence-electron chi connectivity index (χ2n) is 10.2. The van der Waals surface area contributed by atoms with Crippen LogP contribution in [-0.2, 0) is 5.41 Å². The highest BCUT2D eigenvalue weighted by Crippen LogP contribution is 2.38. The Morgan fingerprint density at radius 2 is 1.44 bits per heavy atom. The molecular weight excluding hydrogens is 444 g/mol. The van der Waals surface area contributed by atoms with Gasteiger partial charge in [-0.25, -0.2) is 4.98 Å². The van der Waals surface area contributed by atoms with Crippen molar-refractivity contribution >= 4 is 21.9 Å². The Hall–Kier alpha value is -4.44. The van der Waals surface area contributed by atoms with Crippen molar-refractivity contribution in [2.24, 2.45) is 0 Å². The lowest BCUT2D eigenvalue weighted by atomic mass is 9.83. The SMILES string of the molecule is CC(C)(C)c1cc(-c2cc3ccccc3cn2)cc(-c2cccc3oc(-c4ccccc4O)nc23)c1. The number of phenolic OH excluding ortho intramolecular Hbond substituents is 1. The molecule has 36 heavy (non-hydrogen) atoms. The molecule has 4 aromatic carbocycles. The van der Waals surface area contributed by atoms with Crippen molar-refractivity contribution in [2.75, 3.05) is 0 Å². The minimum absolute atomic E-state index is 0.0552. The van der Waals surface area contributed by atoms with E-state index in [4.69, 9.17) is 14.4 Å². The maximum absolute atomic E-state index is 10.3. The molecule has 6 rings (SSSR count). The van der Waals surface area contributed by atoms with E-state index >= 15 is 0 Å². The Morgan fingerprint density at radius 1 is 0.722 bits per heavy atom. The molecule has 0 radical (unpaired) electrons. The number of nitrogens with zero attached hydrogens (tertiary/aromatic N) is 2. The van der Waals surface area contributed by atoms with Crippen molar-refractivity contribution in [1.82, 2.24) is 9.97 Å². The van der Waals surface area contributed by atoms with Gasteiger partial charge in [0.2, 0.25) is 5.89 Å². The van der Waals surface area contributed by atoms with E-state index in [-0.39, 0.29) is 11.2 Å². The lowest BCUT2D eigenvalue weighted by Gasteiger charge is -2.21. The van der Waals surface area contributed by atoms with E-state index in [0.717, 1.165) is 38.7 Å². The van der Waals surface area contributed by atoms with Gasteiger partial charge in [0.15, 0.2) is 5.58 Å². The summed E-state index contributed by atoms with van der Waals surface area (Å²) in [6.45, 7) is 6.66. The van der Waals surface area contributed by atoms with Crippen LogP contribution in [0.1, 0.15) is 26.3 Å². The molecule has 0 aliphatic heterocycles. The van der Waals surface area contributed by atoms with Crippen molar-refractivity contribution in [3.63, 3.8) is 0 Å². The summed E-state index contributed by atoms with van der Waals surface area (Å²) in [6.07, 6.45) is 1.94. The highest BCUT2D eigenvalue weighted by atomic mass is 16.3. The lowest BCUT2D eigenvalue weighted by Crippen LogP contribution is -2.11. The second-order valence-corrected chi connectivity index (χ2v) is 10.2. The van der Waals surface area contributed by atoms with Crippen LogP contribution in [0.15, 0.2) is 102 Å². The van der Waals surface area contributed by atoms with Crippen molar-refractivity contribution in [1.29, 1.82) is 0 Å². The molecule has 0 saturated heterocycles. The molecule has 0 saturated carbocycles. The van der Waals surface area contributed by atoms with E-state index in [9.17, 15) is 5.11 Å². The lowest BCUT2D eigenvalue weighted by molar-refractivity contribution is 0.474. The molecule has 176 valence electrons. The summed E-state index contributed by atoms with van der Waals surface area (Å²) in [6, 6.07) is 30.1. The molecule has 0 atom stereocenters. The molecule has 2 aromatic heterocycles. The number of aromatic hydroxyl groups is 1. The molecule has 0 bridgehead atoms. The highest BCUT2D eigenvalue weighted by molar-refractivity contribution is 5.94. The zero-order chi connectivity index (χ0) is 24.9. The number of fused-ring (bicyclic) bond motifs is 2. The number of phenols is 1. The topological polar surface area (TPSA) is 59.2 Å². The standard InChI is InChI=1S/C32H26N2O2/c1-32(2,3)24-16-22(15-23(17-24)27-18-20-9-4-5-10-21(20)19-33-27)25-12-8-14-29-30(25)34-31(36-29)26-11-6-7-13-28(26)35/h4-19,35H,1-3H3. The summed E-state index contributed by atoms with van der Waals surface area (Å²) in [5.41, 5.74) is 7.20. The van der Waals surface area contributed by atoms with E-state index in [1.807, 2.05) is 36.5 Å². The van der Waals surface area contributed by atoms with Crippen LogP contribution >= 0.6 is 0 Å². The minimum atomic E-state index is -0.0552. The Balaban J connectivity index is 1.55. The Kier molecular flexibility index (Phi) is 5.11. The first-order chi connectivity index (χ1) is 17.4. The molecule has 0 aliphatic carbocycles. The van der Waals surface area contributed by atoms with Gasteiger partial charge in [-0.15, -0.1) is 0 Å². The average molecular weight is 471 g/mol. The molecule has 4 heteroatoms. The van der Waals surface area contributed by atoms with Gasteiger partial charge in [0, 0.05) is 22.7 Å². The number of para-hydroxylation sites is 2. The van der Waals surface area contributed by atoms with Gasteiger partial charge in [-0.2, -0.15) is 0 Å². The van der Waals surface area contributed by atoms with Gasteiger partial charge in [-0.05, 0) is 58.3 Å². The van der Waals surface area contributed by atoms with Gasteiger partial charge in [0.05, 0.1) is 11.3 Å². The largest absolute Gasteiger partial charge is 0.507 e. The molecular formula is C32H26N2O2. The van der Waals surface area contributed by atoms with Crippen LogP contribution in [0.3, 0.4) is 0 Å². The van der Waals surface area contributed by atoms with Crippen molar-refractivity contribution in [3.05, 3.63) is 103 Å². The third kappa shape index (κ3) is 3.91. The van der Waals surface area contributed by atoms with Crippen LogP contribution < -0.4 is 0 Å². The van der Waals surface area contributed by atoms with Crippen LogP contribution in [0.4, 0.5) is 0 Å². The number of hydrogen-bond acceptors (Lipinski definition) is 4. The Morgan fingerprint density at radius 3 is 2.25 bits per heavy atom. The molecule has 0 aliphatic rings. The molecule has 0 fully saturated rings. The number of hydrogen-bond donors (Lipinski definition) is 1. The van der Waals surface area contributed by atoms with E-state index < -0.39 is 0 Å². The Bertz CT molecular complexity index is 1740. The molecule has 1 N–H and O–H groups in total. The maximum atomic E-state index is 10.3. The first-order valence-electron chi connectivity index (χ1n) is 12.1. The van der Waals surface area contributed by atoms with Crippen LogP contribution in [-0.4, -0.2) is 15.1 Å². The van der Waals surface area contributed by atoms with Crippen molar-refractivity contribution < 1.29 is 9.52 Å². The first kappa shape index (κ1) is 22.1. The van der Waals surface area contributed by atoms with Gasteiger partial charge in [-0.1, -0.05) is 75.4 Å². The van der Waals surface area contributed by atoms with Crippen molar-refractivity contribution in [3.8, 4) is 39.6 Å². The molecule has 0 amide bonds. The third-order valence-corrected chi connectivity index (χ3v) is 6.59. The zero-order valence-electron chi connectivity index (χ0n) is 20.5. The quantitative estimate of drug-likeness (QED) is 0.282. The van der Waals surface area contributed by atoms with Crippen molar-refractivity contribution in [2.45, 2.75) is 26.2 Å². The third-order valence-electron chi connectivity index (χ3n) is 6.59. The molecule has 6 aromatic rings. The summed E-state index contributed by atoms with van der Waals surface area (Å²) in [7, 11) is 0. The molecule has 0 unspecified atom stereocenters. The molecule has 0 spiro atoms. The second kappa shape index (κ2) is 8.35. The van der Waals surface area contributed by atoms with Crippen LogP contribution in [0.25, 0.3) is 55.7 Å². The summed E-state index contributed by atoms with van der Waals surface area (Å²) < 4.78 is 6.07. The molecule has 4 nitrogen and oxygen atoms in total. The van der Waals surface area contributed by atoms with E-state index in [1.165, 1.54) is 5.56 Å². The van der Waals surface area contributed by atoms with Crippen LogP contribution in [0, 0.1) is 0 Å². The summed E-state index contributed by atoms with van der Waals surface area (Å²) in [5.74, 6) is 0.545. The van der Waals surface area contributed by atoms with E-state index in [0.29, 0.717) is 17.0 Å². The number of oxazole rings is 1. The summed E-state index contributed by atoms with van der Waals surface area (Å²) >= 11 is 0. The fourth-order valence-electron chi connectivity index (χ4n) is 4.56. The Labute approximate surface area is 209 Å². The van der Waals surface area contributed by atoms with Gasteiger partial charge in [-0.3, -0.25) is 4.98 Å². The first-order valence-corrected chi connectivity index (χ1v) is 12.1. The van der Waals surface area contributed by atoms with Gasteiger partial charge in [0.25, 0.3) is 0 Å². The number of pyridine rings is 1. The number of aromatic nitrogens is 2. The fraction of sp³-hybridized carbons (Fsp3) is 0.125. The summed E-state index contributed by atoms with van der Waals surface area (Å²) in [4.78, 5) is 9.60. The highest BCUT2D eigenvalue weighted by Gasteiger charge is 2.20. The monoisotopic (exact) mass is 470 g/mol. The smallest absolute Gasteiger partial charge is 0.231 e. The van der Waals surface area contributed by atoms with Gasteiger partial charge >= 0.3 is 0 Å². The predicted octanol–water partition coefficient (Wildman–Crippen LogP) is 8.38. The number of benzene rings is 4. The van der Waals surface area contributed by atoms with Gasteiger partial charge in [0.1, 0.15) is 11.3 Å². The maximum Gasteiger partial charge on any atom is 0.231 e. The normalized spacial score (nSPS) is 11.9. The summed E-state index contributed by atoms with van der Waals surface area (Å²) in [5, 5.41) is 12.6. The van der Waals surface area contributed by atoms with E-state index in [2.05, 4.69) is 69.3 Å². The average Bonchev–Trinajstić information content (AvgIpc) is 3.32. The van der Waals surface area contributed by atoms with E-state index in [1.54, 1.807) is 12.1 Å². The minimum Gasteiger partial charge on any atom is -0.507 e. The fourth-order valence-corrected chi connectivity index (χ4v) is 4.56. The van der Waals surface area contributed by atoms with Crippen LogP contribution in [0.2, 0.25) is 0 Å². The predicted molar refractivity (Wildman–Crippen MR) is 146 cm³/mol.